The second-order valence-electron chi connectivity index (χ2n) is 6.06. The minimum Gasteiger partial charge on any atom is -0.308 e. The Balaban J connectivity index is 2.56. The fraction of sp³-hybridized carbons (Fsp3) is 0.800. The number of rotatable bonds is 7. The van der Waals surface area contributed by atoms with Gasteiger partial charge in [0.25, 0.3) is 0 Å². The molecule has 2 atom stereocenters. The van der Waals surface area contributed by atoms with Gasteiger partial charge in [0.1, 0.15) is 0 Å². The van der Waals surface area contributed by atoms with Crippen molar-refractivity contribution in [2.24, 2.45) is 5.92 Å². The summed E-state index contributed by atoms with van der Waals surface area (Å²) in [6.45, 7) is 12.0. The molecule has 1 aromatic rings. The van der Waals surface area contributed by atoms with Crippen LogP contribution >= 0.6 is 11.3 Å². The highest BCUT2D eigenvalue weighted by atomic mass is 32.1. The van der Waals surface area contributed by atoms with Gasteiger partial charge in [-0.2, -0.15) is 0 Å². The van der Waals surface area contributed by atoms with Crippen LogP contribution in [0.15, 0.2) is 0 Å². The van der Waals surface area contributed by atoms with Crippen molar-refractivity contribution in [2.45, 2.75) is 53.1 Å². The molecular formula is C15H29N3S. The van der Waals surface area contributed by atoms with E-state index in [1.807, 2.05) is 11.3 Å². The Labute approximate surface area is 122 Å². The summed E-state index contributed by atoms with van der Waals surface area (Å²) in [5, 5.41) is 4.83. The molecule has 0 radical (unpaired) electrons. The smallest absolute Gasteiger partial charge is 0.0900 e. The summed E-state index contributed by atoms with van der Waals surface area (Å²) in [4.78, 5) is 8.21. The number of hydrogen-bond donors (Lipinski definition) is 1. The molecule has 1 rings (SSSR count). The van der Waals surface area contributed by atoms with Gasteiger partial charge < -0.3 is 10.2 Å². The molecule has 1 heterocycles. The van der Waals surface area contributed by atoms with Crippen molar-refractivity contribution >= 4 is 11.3 Å². The molecule has 110 valence electrons. The quantitative estimate of drug-likeness (QED) is 0.831. The Morgan fingerprint density at radius 3 is 2.26 bits per heavy atom. The highest BCUT2D eigenvalue weighted by molar-refractivity contribution is 7.11. The van der Waals surface area contributed by atoms with Crippen LogP contribution in [0.2, 0.25) is 0 Å². The van der Waals surface area contributed by atoms with E-state index >= 15 is 0 Å². The summed E-state index contributed by atoms with van der Waals surface area (Å²) >= 11 is 1.81. The molecule has 2 unspecified atom stereocenters. The van der Waals surface area contributed by atoms with E-state index in [0.29, 0.717) is 12.1 Å². The summed E-state index contributed by atoms with van der Waals surface area (Å²) < 4.78 is 0. The van der Waals surface area contributed by atoms with Crippen LogP contribution in [0.3, 0.4) is 0 Å². The molecule has 1 N–H and O–H groups in total. The van der Waals surface area contributed by atoms with Crippen LogP contribution in [0.25, 0.3) is 0 Å². The molecule has 3 nitrogen and oxygen atoms in total. The second kappa shape index (κ2) is 7.36. The van der Waals surface area contributed by atoms with Gasteiger partial charge in [-0.05, 0) is 47.2 Å². The van der Waals surface area contributed by atoms with Gasteiger partial charge >= 0.3 is 0 Å². The van der Waals surface area contributed by atoms with Crippen molar-refractivity contribution in [3.63, 3.8) is 0 Å². The number of nitrogens with one attached hydrogen (secondary N) is 1. The van der Waals surface area contributed by atoms with E-state index in [1.54, 1.807) is 0 Å². The van der Waals surface area contributed by atoms with Gasteiger partial charge in [-0.3, -0.25) is 0 Å². The zero-order chi connectivity index (χ0) is 14.6. The summed E-state index contributed by atoms with van der Waals surface area (Å²) in [6, 6.07) is 0.984. The van der Waals surface area contributed by atoms with Crippen molar-refractivity contribution in [1.29, 1.82) is 0 Å². The maximum Gasteiger partial charge on any atom is 0.0900 e. The van der Waals surface area contributed by atoms with Crippen LogP contribution in [-0.4, -0.2) is 36.6 Å². The van der Waals surface area contributed by atoms with E-state index in [2.05, 4.69) is 63.9 Å². The molecule has 19 heavy (non-hydrogen) atoms. The molecule has 0 aliphatic rings. The van der Waals surface area contributed by atoms with E-state index in [4.69, 9.17) is 0 Å². The lowest BCUT2D eigenvalue weighted by Crippen LogP contribution is -2.39. The number of aryl methyl sites for hydroxylation is 2. The Kier molecular flexibility index (Phi) is 6.43. The van der Waals surface area contributed by atoms with Crippen LogP contribution in [0.1, 0.15) is 48.8 Å². The fourth-order valence-electron chi connectivity index (χ4n) is 2.38. The molecule has 1 aromatic heterocycles. The van der Waals surface area contributed by atoms with Gasteiger partial charge in [0, 0.05) is 23.5 Å². The van der Waals surface area contributed by atoms with E-state index in [1.165, 1.54) is 17.0 Å². The summed E-state index contributed by atoms with van der Waals surface area (Å²) in [5.74, 6) is 0.733. The Bertz CT molecular complexity index is 385. The number of hydrogen-bond acceptors (Lipinski definition) is 4. The topological polar surface area (TPSA) is 28.2 Å². The highest BCUT2D eigenvalue weighted by Crippen LogP contribution is 2.24. The van der Waals surface area contributed by atoms with E-state index in [-0.39, 0.29) is 0 Å². The Morgan fingerprint density at radius 1 is 1.21 bits per heavy atom. The zero-order valence-corrected chi connectivity index (χ0v) is 14.3. The van der Waals surface area contributed by atoms with Gasteiger partial charge in [0.05, 0.1) is 10.7 Å². The van der Waals surface area contributed by atoms with Crippen LogP contribution in [0, 0.1) is 19.8 Å². The molecule has 0 fully saturated rings. The maximum absolute atomic E-state index is 4.51. The molecule has 0 spiro atoms. The third kappa shape index (κ3) is 5.21. The average molecular weight is 283 g/mol. The minimum absolute atomic E-state index is 0.390. The van der Waals surface area contributed by atoms with Crippen LogP contribution in [0.4, 0.5) is 0 Å². The number of likely N-dealkylation sites (N-methyl/N-ethyl adjacent to an activating group) is 1. The third-order valence-electron chi connectivity index (χ3n) is 3.47. The molecule has 0 aromatic carbocycles. The highest BCUT2D eigenvalue weighted by Gasteiger charge is 2.17. The van der Waals surface area contributed by atoms with Crippen LogP contribution in [0.5, 0.6) is 0 Å². The molecule has 4 heteroatoms. The monoisotopic (exact) mass is 283 g/mol. The van der Waals surface area contributed by atoms with Crippen molar-refractivity contribution < 1.29 is 0 Å². The standard InChI is InChI=1S/C15H29N3S/c1-10(2)8-14(18(6)7)9-16-11(3)15-12(4)17-13(5)19-15/h10-11,14,16H,8-9H2,1-7H3. The first-order valence-corrected chi connectivity index (χ1v) is 7.96. The van der Waals surface area contributed by atoms with E-state index in [9.17, 15) is 0 Å². The second-order valence-corrected chi connectivity index (χ2v) is 7.29. The molecule has 0 aliphatic heterocycles. The number of thiazole rings is 1. The first kappa shape index (κ1) is 16.6. The Morgan fingerprint density at radius 2 is 1.84 bits per heavy atom. The van der Waals surface area contributed by atoms with Crippen LogP contribution < -0.4 is 5.32 Å². The molecule has 0 aliphatic carbocycles. The third-order valence-corrected chi connectivity index (χ3v) is 4.72. The first-order valence-electron chi connectivity index (χ1n) is 7.15. The fourth-order valence-corrected chi connectivity index (χ4v) is 3.33. The molecular weight excluding hydrogens is 254 g/mol. The van der Waals surface area contributed by atoms with Crippen molar-refractivity contribution in [2.75, 3.05) is 20.6 Å². The van der Waals surface area contributed by atoms with Gasteiger partial charge in [0.2, 0.25) is 0 Å². The maximum atomic E-state index is 4.51. The van der Waals surface area contributed by atoms with Crippen molar-refractivity contribution in [1.82, 2.24) is 15.2 Å². The van der Waals surface area contributed by atoms with Gasteiger partial charge in [0.15, 0.2) is 0 Å². The molecule has 0 saturated heterocycles. The summed E-state index contributed by atoms with van der Waals surface area (Å²) in [6.07, 6.45) is 1.23. The normalized spacial score (nSPS) is 15.2. The molecule has 0 amide bonds. The zero-order valence-electron chi connectivity index (χ0n) is 13.4. The predicted molar refractivity (Wildman–Crippen MR) is 84.9 cm³/mol. The number of aromatic nitrogens is 1. The largest absolute Gasteiger partial charge is 0.308 e. The lowest BCUT2D eigenvalue weighted by atomic mass is 10.0. The minimum atomic E-state index is 0.390. The van der Waals surface area contributed by atoms with Gasteiger partial charge in [-0.25, -0.2) is 4.98 Å². The van der Waals surface area contributed by atoms with Crippen LogP contribution in [-0.2, 0) is 0 Å². The lowest BCUT2D eigenvalue weighted by Gasteiger charge is -2.27. The Hall–Kier alpha value is -0.450. The molecule has 0 saturated carbocycles. The molecule has 0 bridgehead atoms. The predicted octanol–water partition coefficient (Wildman–Crippen LogP) is 3.39. The average Bonchev–Trinajstić information content (AvgIpc) is 2.62. The van der Waals surface area contributed by atoms with E-state index in [0.717, 1.165) is 17.5 Å². The van der Waals surface area contributed by atoms with Gasteiger partial charge in [-0.15, -0.1) is 11.3 Å². The lowest BCUT2D eigenvalue weighted by molar-refractivity contribution is 0.242. The van der Waals surface area contributed by atoms with Crippen molar-refractivity contribution in [3.8, 4) is 0 Å². The van der Waals surface area contributed by atoms with Gasteiger partial charge in [-0.1, -0.05) is 13.8 Å². The SMILES string of the molecule is Cc1nc(C)c(C(C)NCC(CC(C)C)N(C)C)s1. The first-order chi connectivity index (χ1) is 8.81. The number of nitrogens with zero attached hydrogens (tertiary/aromatic N) is 2. The summed E-state index contributed by atoms with van der Waals surface area (Å²) in [7, 11) is 4.34. The van der Waals surface area contributed by atoms with Crippen molar-refractivity contribution in [3.05, 3.63) is 15.6 Å². The van der Waals surface area contributed by atoms with E-state index < -0.39 is 0 Å². The summed E-state index contributed by atoms with van der Waals surface area (Å²) in [5.41, 5.74) is 1.17.